The minimum absolute atomic E-state index is 0.110. The van der Waals surface area contributed by atoms with Gasteiger partial charge in [-0.05, 0) is 45.2 Å². The number of hydrogen-bond acceptors (Lipinski definition) is 4. The number of piperidine rings is 1. The molecule has 0 saturated carbocycles. The zero-order valence-corrected chi connectivity index (χ0v) is 16.8. The van der Waals surface area contributed by atoms with Crippen LogP contribution in [0.3, 0.4) is 0 Å². The fourth-order valence-electron chi connectivity index (χ4n) is 3.71. The van der Waals surface area contributed by atoms with Crippen molar-refractivity contribution in [2.75, 3.05) is 19.7 Å². The Balaban J connectivity index is 1.54. The van der Waals surface area contributed by atoms with E-state index in [2.05, 4.69) is 23.1 Å². The lowest BCUT2D eigenvalue weighted by Crippen LogP contribution is -2.44. The molecule has 0 unspecified atom stereocenters. The van der Waals surface area contributed by atoms with Crippen LogP contribution in [0.5, 0.6) is 5.75 Å². The number of likely N-dealkylation sites (tertiary alicyclic amines) is 1. The predicted octanol–water partition coefficient (Wildman–Crippen LogP) is 3.16. The van der Waals surface area contributed by atoms with Crippen molar-refractivity contribution in [2.45, 2.75) is 47.1 Å². The highest BCUT2D eigenvalue weighted by atomic mass is 16.5. The maximum absolute atomic E-state index is 12.9. The van der Waals surface area contributed by atoms with Gasteiger partial charge in [-0.15, -0.1) is 0 Å². The number of amides is 1. The van der Waals surface area contributed by atoms with Gasteiger partial charge in [0.25, 0.3) is 0 Å². The molecule has 1 amide bonds. The van der Waals surface area contributed by atoms with Crippen LogP contribution in [0.4, 0.5) is 0 Å². The van der Waals surface area contributed by atoms with Crippen LogP contribution in [0.1, 0.15) is 37.0 Å². The van der Waals surface area contributed by atoms with Gasteiger partial charge in [-0.3, -0.25) is 4.79 Å². The van der Waals surface area contributed by atoms with E-state index in [0.29, 0.717) is 19.1 Å². The van der Waals surface area contributed by atoms with Gasteiger partial charge in [-0.25, -0.2) is 9.67 Å². The fourth-order valence-corrected chi connectivity index (χ4v) is 3.71. The zero-order valence-electron chi connectivity index (χ0n) is 16.8. The first kappa shape index (κ1) is 19.4. The molecule has 1 aromatic heterocycles. The monoisotopic (exact) mass is 370 g/mol. The molecule has 146 valence electrons. The molecule has 0 spiro atoms. The first-order valence-corrected chi connectivity index (χ1v) is 9.79. The number of carbonyl (C=O) groups is 1. The van der Waals surface area contributed by atoms with E-state index in [9.17, 15) is 4.79 Å². The normalized spacial score (nSPS) is 18.4. The third kappa shape index (κ3) is 4.87. The maximum Gasteiger partial charge on any atom is 0.227 e. The largest absolute Gasteiger partial charge is 0.493 e. The van der Waals surface area contributed by atoms with Crippen LogP contribution < -0.4 is 4.74 Å². The molecule has 0 aliphatic carbocycles. The Kier molecular flexibility index (Phi) is 6.14. The van der Waals surface area contributed by atoms with Crippen molar-refractivity contribution < 1.29 is 9.53 Å². The Morgan fingerprint density at radius 1 is 1.30 bits per heavy atom. The summed E-state index contributed by atoms with van der Waals surface area (Å²) in [6.07, 6.45) is 2.13. The lowest BCUT2D eigenvalue weighted by atomic mass is 9.97. The molecule has 6 heteroatoms. The number of aryl methyl sites for hydroxylation is 3. The summed E-state index contributed by atoms with van der Waals surface area (Å²) in [7, 11) is 0. The minimum Gasteiger partial charge on any atom is -0.493 e. The molecule has 2 heterocycles. The molecule has 1 fully saturated rings. The lowest BCUT2D eigenvalue weighted by molar-refractivity contribution is -0.137. The van der Waals surface area contributed by atoms with Gasteiger partial charge in [-0.1, -0.05) is 25.1 Å². The van der Waals surface area contributed by atoms with Gasteiger partial charge in [-0.2, -0.15) is 5.10 Å². The second-order valence-corrected chi connectivity index (χ2v) is 7.66. The number of carbonyl (C=O) groups excluding carboxylic acids is 1. The van der Waals surface area contributed by atoms with Crippen LogP contribution >= 0.6 is 0 Å². The van der Waals surface area contributed by atoms with Gasteiger partial charge in [0.2, 0.25) is 5.91 Å². The number of para-hydroxylation sites is 1. The Morgan fingerprint density at radius 2 is 2.07 bits per heavy atom. The highest BCUT2D eigenvalue weighted by molar-refractivity contribution is 5.78. The summed E-state index contributed by atoms with van der Waals surface area (Å²) in [4.78, 5) is 19.2. The summed E-state index contributed by atoms with van der Waals surface area (Å²) in [5.74, 6) is 3.01. The lowest BCUT2D eigenvalue weighted by Gasteiger charge is -2.34. The highest BCUT2D eigenvalue weighted by Gasteiger charge is 2.28. The molecular formula is C21H30N4O2. The van der Waals surface area contributed by atoms with Crippen LogP contribution in [-0.4, -0.2) is 45.3 Å². The van der Waals surface area contributed by atoms with E-state index in [4.69, 9.17) is 4.74 Å². The average molecular weight is 370 g/mol. The molecule has 3 rings (SSSR count). The number of hydrogen-bond donors (Lipinski definition) is 0. The molecule has 1 aliphatic rings. The van der Waals surface area contributed by atoms with E-state index in [1.54, 1.807) is 0 Å². The number of nitrogens with zero attached hydrogens (tertiary/aromatic N) is 4. The van der Waals surface area contributed by atoms with Crippen molar-refractivity contribution in [3.05, 3.63) is 41.5 Å². The summed E-state index contributed by atoms with van der Waals surface area (Å²) in [6, 6.07) is 8.07. The molecule has 1 saturated heterocycles. The summed E-state index contributed by atoms with van der Waals surface area (Å²) in [5.41, 5.74) is 1.15. The zero-order chi connectivity index (χ0) is 19.4. The number of ether oxygens (including phenoxy) is 1. The van der Waals surface area contributed by atoms with E-state index in [0.717, 1.165) is 48.9 Å². The van der Waals surface area contributed by atoms with Crippen LogP contribution in [0.2, 0.25) is 0 Å². The average Bonchev–Trinajstić information content (AvgIpc) is 2.97. The molecule has 1 aromatic carbocycles. The summed E-state index contributed by atoms with van der Waals surface area (Å²) in [5, 5.41) is 4.38. The summed E-state index contributed by atoms with van der Waals surface area (Å²) < 4.78 is 7.85. The topological polar surface area (TPSA) is 60.2 Å². The van der Waals surface area contributed by atoms with Gasteiger partial charge in [0.1, 0.15) is 17.4 Å². The van der Waals surface area contributed by atoms with Crippen molar-refractivity contribution in [3.8, 4) is 5.75 Å². The first-order chi connectivity index (χ1) is 12.9. The fraction of sp³-hybridized carbons (Fsp3) is 0.571. The Morgan fingerprint density at radius 3 is 2.78 bits per heavy atom. The molecule has 0 bridgehead atoms. The van der Waals surface area contributed by atoms with Crippen LogP contribution in [0.15, 0.2) is 24.3 Å². The molecular weight excluding hydrogens is 340 g/mol. The number of rotatable bonds is 6. The Bertz CT molecular complexity index is 786. The molecule has 27 heavy (non-hydrogen) atoms. The van der Waals surface area contributed by atoms with Crippen LogP contribution in [0, 0.1) is 32.6 Å². The molecule has 2 atom stereocenters. The van der Waals surface area contributed by atoms with Crippen molar-refractivity contribution in [1.82, 2.24) is 19.7 Å². The van der Waals surface area contributed by atoms with Crippen molar-refractivity contribution in [1.29, 1.82) is 0 Å². The number of benzene rings is 1. The highest BCUT2D eigenvalue weighted by Crippen LogP contribution is 2.22. The summed E-state index contributed by atoms with van der Waals surface area (Å²) in [6.45, 7) is 10.7. The van der Waals surface area contributed by atoms with Crippen molar-refractivity contribution >= 4 is 5.91 Å². The Labute approximate surface area is 161 Å². The predicted molar refractivity (Wildman–Crippen MR) is 105 cm³/mol. The molecule has 1 aliphatic heterocycles. The quantitative estimate of drug-likeness (QED) is 0.784. The van der Waals surface area contributed by atoms with Gasteiger partial charge in [0.05, 0.1) is 19.1 Å². The van der Waals surface area contributed by atoms with Crippen LogP contribution in [0.25, 0.3) is 0 Å². The van der Waals surface area contributed by atoms with Gasteiger partial charge >= 0.3 is 0 Å². The third-order valence-electron chi connectivity index (χ3n) is 5.23. The van der Waals surface area contributed by atoms with Gasteiger partial charge in [0, 0.05) is 19.0 Å². The third-order valence-corrected chi connectivity index (χ3v) is 5.23. The SMILES string of the molecule is Cc1nc(C)n(C[C@H](C)C(=O)N2CCC[C@H](COc3ccccc3C)C2)n1. The number of aromatic nitrogens is 3. The summed E-state index contributed by atoms with van der Waals surface area (Å²) >= 11 is 0. The Hall–Kier alpha value is -2.37. The second kappa shape index (κ2) is 8.55. The molecule has 0 N–H and O–H groups in total. The maximum atomic E-state index is 12.9. The van der Waals surface area contributed by atoms with E-state index in [-0.39, 0.29) is 11.8 Å². The second-order valence-electron chi connectivity index (χ2n) is 7.66. The van der Waals surface area contributed by atoms with Gasteiger partial charge < -0.3 is 9.64 Å². The van der Waals surface area contributed by atoms with E-state index >= 15 is 0 Å². The van der Waals surface area contributed by atoms with Crippen molar-refractivity contribution in [2.24, 2.45) is 11.8 Å². The van der Waals surface area contributed by atoms with Crippen molar-refractivity contribution in [3.63, 3.8) is 0 Å². The van der Waals surface area contributed by atoms with Gasteiger partial charge in [0.15, 0.2) is 0 Å². The standard InChI is InChI=1S/C21H30N4O2/c1-15-8-5-6-10-20(15)27-14-19-9-7-11-24(13-19)21(26)16(2)12-25-18(4)22-17(3)23-25/h5-6,8,10,16,19H,7,9,11-14H2,1-4H3/t16-,19-/m0/s1. The first-order valence-electron chi connectivity index (χ1n) is 9.79. The molecule has 0 radical (unpaired) electrons. The van der Waals surface area contributed by atoms with E-state index in [1.807, 2.05) is 48.6 Å². The molecule has 6 nitrogen and oxygen atoms in total. The van der Waals surface area contributed by atoms with E-state index < -0.39 is 0 Å². The minimum atomic E-state index is -0.110. The smallest absolute Gasteiger partial charge is 0.227 e. The molecule has 2 aromatic rings. The van der Waals surface area contributed by atoms with Crippen LogP contribution in [-0.2, 0) is 11.3 Å². The van der Waals surface area contributed by atoms with E-state index in [1.165, 1.54) is 0 Å².